The first-order chi connectivity index (χ1) is 12.0. The van der Waals surface area contributed by atoms with Crippen LogP contribution in [0.2, 0.25) is 5.02 Å². The monoisotopic (exact) mass is 352 g/mol. The van der Waals surface area contributed by atoms with E-state index < -0.39 is 11.5 Å². The number of nitriles is 1. The molecule has 25 heavy (non-hydrogen) atoms. The topological polar surface area (TPSA) is 87.8 Å². The number of carbonyl (C=O) groups is 1. The number of hydrogen-bond donors (Lipinski definition) is 1. The Hall–Kier alpha value is -3.17. The molecular formula is C18H13ClN4O2. The maximum absolute atomic E-state index is 12.6. The second-order valence-corrected chi connectivity index (χ2v) is 5.72. The molecule has 0 atom stereocenters. The first kappa shape index (κ1) is 16.7. The van der Waals surface area contributed by atoms with Crippen molar-refractivity contribution >= 4 is 34.2 Å². The highest BCUT2D eigenvalue weighted by Gasteiger charge is 2.17. The predicted molar refractivity (Wildman–Crippen MR) is 95.8 cm³/mol. The lowest BCUT2D eigenvalue weighted by Gasteiger charge is -2.11. The van der Waals surface area contributed by atoms with E-state index in [1.54, 1.807) is 24.4 Å². The number of fused-ring (bicyclic) bond motifs is 1. The highest BCUT2D eigenvalue weighted by molar-refractivity contribution is 6.31. The number of pyridine rings is 2. The lowest BCUT2D eigenvalue weighted by atomic mass is 10.1. The quantitative estimate of drug-likeness (QED) is 0.784. The van der Waals surface area contributed by atoms with Crippen molar-refractivity contribution in [1.29, 1.82) is 5.26 Å². The molecule has 0 aliphatic rings. The summed E-state index contributed by atoms with van der Waals surface area (Å²) in [6, 6.07) is 11.5. The average Bonchev–Trinajstić information content (AvgIpc) is 2.61. The fourth-order valence-corrected chi connectivity index (χ4v) is 2.74. The molecule has 0 saturated carbocycles. The summed E-state index contributed by atoms with van der Waals surface area (Å²) in [7, 11) is 0. The number of hydrogen-bond acceptors (Lipinski definition) is 4. The number of aromatic nitrogens is 2. The van der Waals surface area contributed by atoms with Gasteiger partial charge in [0.25, 0.3) is 11.5 Å². The first-order valence-corrected chi connectivity index (χ1v) is 7.92. The van der Waals surface area contributed by atoms with Crippen molar-refractivity contribution in [3.05, 3.63) is 69.1 Å². The van der Waals surface area contributed by atoms with Crippen LogP contribution in [0, 0.1) is 11.3 Å². The van der Waals surface area contributed by atoms with E-state index in [0.29, 0.717) is 22.6 Å². The van der Waals surface area contributed by atoms with Gasteiger partial charge >= 0.3 is 0 Å². The van der Waals surface area contributed by atoms with Crippen molar-refractivity contribution in [2.75, 3.05) is 5.32 Å². The second-order valence-electron chi connectivity index (χ2n) is 5.28. The standard InChI is InChI=1S/C18H13ClN4O2/c1-2-23-16-11(4-3-7-21-16)8-14(18(23)25)17(24)22-15-9-13(19)6-5-12(15)10-20/h3-9H,2H2,1H3,(H,22,24). The molecule has 1 N–H and O–H groups in total. The third-order valence-corrected chi connectivity index (χ3v) is 3.99. The van der Waals surface area contributed by atoms with E-state index in [1.165, 1.54) is 22.8 Å². The van der Waals surface area contributed by atoms with Crippen LogP contribution in [-0.4, -0.2) is 15.5 Å². The number of aryl methyl sites for hydroxylation is 1. The Kier molecular flexibility index (Phi) is 4.50. The zero-order valence-corrected chi connectivity index (χ0v) is 14.0. The van der Waals surface area contributed by atoms with Gasteiger partial charge < -0.3 is 5.32 Å². The number of benzene rings is 1. The van der Waals surface area contributed by atoms with Gasteiger partial charge in [-0.05, 0) is 43.3 Å². The molecule has 1 amide bonds. The minimum atomic E-state index is -0.600. The molecule has 0 saturated heterocycles. The Morgan fingerprint density at radius 1 is 1.36 bits per heavy atom. The van der Waals surface area contributed by atoms with E-state index in [0.717, 1.165) is 0 Å². The Balaban J connectivity index is 2.10. The van der Waals surface area contributed by atoms with Crippen LogP contribution in [0.5, 0.6) is 0 Å². The highest BCUT2D eigenvalue weighted by Crippen LogP contribution is 2.21. The van der Waals surface area contributed by atoms with E-state index in [9.17, 15) is 9.59 Å². The van der Waals surface area contributed by atoms with Crippen molar-refractivity contribution in [1.82, 2.24) is 9.55 Å². The normalized spacial score (nSPS) is 10.4. The van der Waals surface area contributed by atoms with E-state index in [-0.39, 0.29) is 16.8 Å². The third kappa shape index (κ3) is 3.10. The van der Waals surface area contributed by atoms with Gasteiger partial charge in [0.1, 0.15) is 17.3 Å². The number of anilines is 1. The van der Waals surface area contributed by atoms with Crippen LogP contribution < -0.4 is 10.9 Å². The molecule has 0 aliphatic heterocycles. The largest absolute Gasteiger partial charge is 0.321 e. The van der Waals surface area contributed by atoms with Crippen LogP contribution in [0.1, 0.15) is 22.8 Å². The molecule has 6 nitrogen and oxygen atoms in total. The van der Waals surface area contributed by atoms with Gasteiger partial charge in [0.15, 0.2) is 0 Å². The summed E-state index contributed by atoms with van der Waals surface area (Å²) in [6.45, 7) is 2.19. The van der Waals surface area contributed by atoms with Crippen LogP contribution in [0.15, 0.2) is 47.4 Å². The zero-order chi connectivity index (χ0) is 18.0. The minimum absolute atomic E-state index is 0.0220. The van der Waals surface area contributed by atoms with Gasteiger partial charge in [-0.1, -0.05) is 11.6 Å². The van der Waals surface area contributed by atoms with E-state index in [4.69, 9.17) is 16.9 Å². The molecule has 0 fully saturated rings. The predicted octanol–water partition coefficient (Wildman–Crippen LogP) is 3.19. The van der Waals surface area contributed by atoms with Gasteiger partial charge in [-0.2, -0.15) is 5.26 Å². The van der Waals surface area contributed by atoms with Crippen molar-refractivity contribution in [3.63, 3.8) is 0 Å². The molecular weight excluding hydrogens is 340 g/mol. The highest BCUT2D eigenvalue weighted by atomic mass is 35.5. The number of nitrogens with one attached hydrogen (secondary N) is 1. The van der Waals surface area contributed by atoms with Crippen molar-refractivity contribution < 1.29 is 4.79 Å². The summed E-state index contributed by atoms with van der Waals surface area (Å²) in [5, 5.41) is 12.8. The van der Waals surface area contributed by atoms with E-state index in [1.807, 2.05) is 13.0 Å². The molecule has 0 aliphatic carbocycles. The summed E-state index contributed by atoms with van der Waals surface area (Å²) < 4.78 is 1.44. The van der Waals surface area contributed by atoms with Crippen molar-refractivity contribution in [3.8, 4) is 6.07 Å². The number of amides is 1. The summed E-state index contributed by atoms with van der Waals surface area (Å²) in [5.41, 5.74) is 0.578. The molecule has 0 radical (unpaired) electrons. The molecule has 7 heteroatoms. The fourth-order valence-electron chi connectivity index (χ4n) is 2.57. The zero-order valence-electron chi connectivity index (χ0n) is 13.3. The summed E-state index contributed by atoms with van der Waals surface area (Å²) in [4.78, 5) is 29.5. The molecule has 2 aromatic heterocycles. The van der Waals surface area contributed by atoms with Gasteiger partial charge in [0, 0.05) is 23.2 Å². The van der Waals surface area contributed by atoms with Crippen molar-refractivity contribution in [2.24, 2.45) is 0 Å². The van der Waals surface area contributed by atoms with Crippen LogP contribution in [0.25, 0.3) is 11.0 Å². The maximum atomic E-state index is 12.6. The van der Waals surface area contributed by atoms with Gasteiger partial charge in [0.05, 0.1) is 11.3 Å². The number of halogens is 1. The van der Waals surface area contributed by atoms with Crippen LogP contribution in [0.4, 0.5) is 5.69 Å². The third-order valence-electron chi connectivity index (χ3n) is 3.76. The Labute approximate surface area is 148 Å². The molecule has 0 spiro atoms. The number of rotatable bonds is 3. The van der Waals surface area contributed by atoms with Crippen LogP contribution in [-0.2, 0) is 6.54 Å². The van der Waals surface area contributed by atoms with Crippen LogP contribution in [0.3, 0.4) is 0 Å². The average molecular weight is 353 g/mol. The molecule has 3 rings (SSSR count). The molecule has 124 valence electrons. The Morgan fingerprint density at radius 3 is 2.88 bits per heavy atom. The number of nitrogens with zero attached hydrogens (tertiary/aromatic N) is 3. The second kappa shape index (κ2) is 6.75. The van der Waals surface area contributed by atoms with Gasteiger partial charge in [0.2, 0.25) is 0 Å². The van der Waals surface area contributed by atoms with E-state index in [2.05, 4.69) is 10.3 Å². The molecule has 0 unspecified atom stereocenters. The fraction of sp³-hybridized carbons (Fsp3) is 0.111. The molecule has 0 bridgehead atoms. The Morgan fingerprint density at radius 2 is 2.16 bits per heavy atom. The molecule has 1 aromatic carbocycles. The lowest BCUT2D eigenvalue weighted by Crippen LogP contribution is -2.29. The first-order valence-electron chi connectivity index (χ1n) is 7.54. The summed E-state index contributed by atoms with van der Waals surface area (Å²) in [5.74, 6) is -0.600. The summed E-state index contributed by atoms with van der Waals surface area (Å²) in [6.07, 6.45) is 1.60. The SMILES string of the molecule is CCn1c(=O)c(C(=O)Nc2cc(Cl)ccc2C#N)cc2cccnc21. The number of carbonyl (C=O) groups excluding carboxylic acids is 1. The maximum Gasteiger partial charge on any atom is 0.265 e. The Bertz CT molecular complexity index is 1080. The van der Waals surface area contributed by atoms with Crippen LogP contribution >= 0.6 is 11.6 Å². The minimum Gasteiger partial charge on any atom is -0.321 e. The van der Waals surface area contributed by atoms with E-state index >= 15 is 0 Å². The smallest absolute Gasteiger partial charge is 0.265 e. The lowest BCUT2D eigenvalue weighted by molar-refractivity contribution is 0.102. The van der Waals surface area contributed by atoms with Gasteiger partial charge in [-0.3, -0.25) is 14.2 Å². The van der Waals surface area contributed by atoms with Gasteiger partial charge in [-0.25, -0.2) is 4.98 Å². The van der Waals surface area contributed by atoms with Crippen molar-refractivity contribution in [2.45, 2.75) is 13.5 Å². The molecule has 2 heterocycles. The van der Waals surface area contributed by atoms with Gasteiger partial charge in [-0.15, -0.1) is 0 Å². The molecule has 3 aromatic rings. The summed E-state index contributed by atoms with van der Waals surface area (Å²) >= 11 is 5.93.